The second-order valence-corrected chi connectivity index (χ2v) is 7.17. The average molecular weight is 349 g/mol. The van der Waals surface area contributed by atoms with Crippen LogP contribution >= 0.6 is 0 Å². The quantitative estimate of drug-likeness (QED) is 0.815. The van der Waals surface area contributed by atoms with Crippen LogP contribution in [0.4, 0.5) is 8.78 Å². The third-order valence-corrected chi connectivity index (χ3v) is 4.93. The van der Waals surface area contributed by atoms with Crippen LogP contribution in [0.3, 0.4) is 0 Å². The van der Waals surface area contributed by atoms with E-state index in [-0.39, 0.29) is 5.75 Å². The molecule has 2 N–H and O–H groups in total. The minimum Gasteiger partial charge on any atom is -0.478 e. The van der Waals surface area contributed by atoms with Crippen LogP contribution in [0.25, 0.3) is 0 Å². The normalized spacial score (nSPS) is 18.8. The molecular weight excluding hydrogens is 332 g/mol. The van der Waals surface area contributed by atoms with E-state index in [9.17, 15) is 22.0 Å². The summed E-state index contributed by atoms with van der Waals surface area (Å²) in [7, 11) is -3.76. The Morgan fingerprint density at radius 3 is 2.48 bits per heavy atom. The predicted octanol–water partition coefficient (Wildman–Crippen LogP) is 1.65. The van der Waals surface area contributed by atoms with Crippen molar-refractivity contribution < 1.29 is 31.8 Å². The fraction of sp³-hybridized carbons (Fsp3) is 0.500. The summed E-state index contributed by atoms with van der Waals surface area (Å²) < 4.78 is 58.8. The van der Waals surface area contributed by atoms with Gasteiger partial charge in [-0.3, -0.25) is 0 Å². The summed E-state index contributed by atoms with van der Waals surface area (Å²) in [4.78, 5) is 10.7. The molecular formula is C14H17F2NO5S. The second-order valence-electron chi connectivity index (χ2n) is 5.31. The largest absolute Gasteiger partial charge is 0.478 e. The van der Waals surface area contributed by atoms with Crippen molar-refractivity contribution in [1.82, 2.24) is 4.72 Å². The lowest BCUT2D eigenvalue weighted by Crippen LogP contribution is -2.35. The summed E-state index contributed by atoms with van der Waals surface area (Å²) >= 11 is 0. The van der Waals surface area contributed by atoms with Gasteiger partial charge in [-0.25, -0.2) is 26.7 Å². The van der Waals surface area contributed by atoms with Gasteiger partial charge in [0.25, 0.3) is 0 Å². The van der Waals surface area contributed by atoms with Crippen molar-refractivity contribution in [2.24, 2.45) is 0 Å². The molecule has 2 rings (SSSR count). The number of rotatable bonds is 6. The molecule has 0 spiro atoms. The third kappa shape index (κ3) is 4.95. The van der Waals surface area contributed by atoms with E-state index in [1.54, 1.807) is 0 Å². The zero-order valence-electron chi connectivity index (χ0n) is 12.2. The molecule has 1 atom stereocenters. The maximum Gasteiger partial charge on any atom is 0.335 e. The molecule has 1 aliphatic rings. The summed E-state index contributed by atoms with van der Waals surface area (Å²) in [6, 6.07) is 1.30. The standard InChI is InChI=1S/C14H17F2NO5S/c15-12-5-9(14(18)19)6-13(16)11(12)7-17-23(20,21)8-10-3-1-2-4-22-10/h5-6,10,17H,1-4,7-8H2,(H,18,19). The van der Waals surface area contributed by atoms with E-state index in [1.807, 2.05) is 0 Å². The maximum absolute atomic E-state index is 13.7. The van der Waals surface area contributed by atoms with Gasteiger partial charge in [-0.2, -0.15) is 0 Å². The molecule has 0 radical (unpaired) electrons. The lowest BCUT2D eigenvalue weighted by Gasteiger charge is -2.22. The number of nitrogens with one attached hydrogen (secondary N) is 1. The molecule has 128 valence electrons. The van der Waals surface area contributed by atoms with E-state index >= 15 is 0 Å². The molecule has 1 saturated heterocycles. The number of sulfonamides is 1. The molecule has 9 heteroatoms. The zero-order valence-corrected chi connectivity index (χ0v) is 13.0. The number of aromatic carboxylic acids is 1. The smallest absolute Gasteiger partial charge is 0.335 e. The predicted molar refractivity (Wildman–Crippen MR) is 77.5 cm³/mol. The van der Waals surface area contributed by atoms with Gasteiger partial charge in [0.2, 0.25) is 10.0 Å². The van der Waals surface area contributed by atoms with Crippen LogP contribution in [0, 0.1) is 11.6 Å². The molecule has 1 heterocycles. The van der Waals surface area contributed by atoms with Crippen LogP contribution in [0.1, 0.15) is 35.2 Å². The monoisotopic (exact) mass is 349 g/mol. The van der Waals surface area contributed by atoms with Gasteiger partial charge < -0.3 is 9.84 Å². The highest BCUT2D eigenvalue weighted by atomic mass is 32.2. The van der Waals surface area contributed by atoms with Crippen molar-refractivity contribution in [2.75, 3.05) is 12.4 Å². The minimum atomic E-state index is -3.76. The third-order valence-electron chi connectivity index (χ3n) is 3.54. The van der Waals surface area contributed by atoms with Crippen LogP contribution in [0.5, 0.6) is 0 Å². The number of halogens is 2. The van der Waals surface area contributed by atoms with Crippen molar-refractivity contribution in [2.45, 2.75) is 31.9 Å². The Hall–Kier alpha value is -1.58. The first-order valence-corrected chi connectivity index (χ1v) is 8.74. The van der Waals surface area contributed by atoms with Crippen LogP contribution in [0.15, 0.2) is 12.1 Å². The number of ether oxygens (including phenoxy) is 1. The topological polar surface area (TPSA) is 92.7 Å². The first-order chi connectivity index (χ1) is 10.8. The summed E-state index contributed by atoms with van der Waals surface area (Å²) in [6.07, 6.45) is 1.96. The molecule has 6 nitrogen and oxygen atoms in total. The zero-order chi connectivity index (χ0) is 17.0. The number of carbonyl (C=O) groups is 1. The molecule has 0 saturated carbocycles. The maximum atomic E-state index is 13.7. The molecule has 1 aromatic carbocycles. The Morgan fingerprint density at radius 2 is 1.96 bits per heavy atom. The number of hydrogen-bond acceptors (Lipinski definition) is 4. The van der Waals surface area contributed by atoms with E-state index < -0.39 is 51.4 Å². The fourth-order valence-electron chi connectivity index (χ4n) is 2.32. The highest BCUT2D eigenvalue weighted by molar-refractivity contribution is 7.89. The van der Waals surface area contributed by atoms with Gasteiger partial charge in [0, 0.05) is 18.7 Å². The van der Waals surface area contributed by atoms with Crippen molar-refractivity contribution in [3.05, 3.63) is 34.9 Å². The first kappa shape index (κ1) is 17.8. The second kappa shape index (κ2) is 7.33. The Morgan fingerprint density at radius 1 is 1.30 bits per heavy atom. The van der Waals surface area contributed by atoms with E-state index in [0.717, 1.165) is 12.8 Å². The van der Waals surface area contributed by atoms with Gasteiger partial charge in [0.05, 0.1) is 17.4 Å². The van der Waals surface area contributed by atoms with Crippen LogP contribution in [-0.2, 0) is 21.3 Å². The van der Waals surface area contributed by atoms with Gasteiger partial charge >= 0.3 is 5.97 Å². The summed E-state index contributed by atoms with van der Waals surface area (Å²) in [6.45, 7) is -0.0906. The Balaban J connectivity index is 2.03. The molecule has 1 fully saturated rings. The highest BCUT2D eigenvalue weighted by Gasteiger charge is 2.23. The molecule has 0 amide bonds. The van der Waals surface area contributed by atoms with Crippen molar-refractivity contribution in [3.63, 3.8) is 0 Å². The number of benzene rings is 1. The van der Waals surface area contributed by atoms with Gasteiger partial charge in [0.15, 0.2) is 0 Å². The molecule has 1 aliphatic heterocycles. The summed E-state index contributed by atoms with van der Waals surface area (Å²) in [5.41, 5.74) is -1.06. The Bertz CT molecular complexity index is 663. The lowest BCUT2D eigenvalue weighted by molar-refractivity contribution is 0.0304. The van der Waals surface area contributed by atoms with Crippen LogP contribution < -0.4 is 4.72 Å². The van der Waals surface area contributed by atoms with Crippen molar-refractivity contribution >= 4 is 16.0 Å². The Kier molecular flexibility index (Phi) is 5.66. The highest BCUT2D eigenvalue weighted by Crippen LogP contribution is 2.17. The summed E-state index contributed by atoms with van der Waals surface area (Å²) in [5.74, 6) is -3.97. The SMILES string of the molecule is O=C(O)c1cc(F)c(CNS(=O)(=O)CC2CCCCO2)c(F)c1. The minimum absolute atomic E-state index is 0.274. The van der Waals surface area contributed by atoms with Gasteiger partial charge in [-0.1, -0.05) is 0 Å². The van der Waals surface area contributed by atoms with E-state index in [2.05, 4.69) is 4.72 Å². The van der Waals surface area contributed by atoms with E-state index in [0.29, 0.717) is 25.2 Å². The molecule has 0 aromatic heterocycles. The first-order valence-electron chi connectivity index (χ1n) is 7.08. The number of hydrogen-bond donors (Lipinski definition) is 2. The molecule has 23 heavy (non-hydrogen) atoms. The Labute approximate surface area is 132 Å². The van der Waals surface area contributed by atoms with Crippen molar-refractivity contribution in [3.8, 4) is 0 Å². The van der Waals surface area contributed by atoms with Crippen LogP contribution in [0.2, 0.25) is 0 Å². The van der Waals surface area contributed by atoms with Gasteiger partial charge in [0.1, 0.15) is 11.6 Å². The molecule has 0 aliphatic carbocycles. The van der Waals surface area contributed by atoms with Gasteiger partial charge in [-0.05, 0) is 31.4 Å². The average Bonchev–Trinajstić information content (AvgIpc) is 2.46. The fourth-order valence-corrected chi connectivity index (χ4v) is 3.55. The number of carboxylic acid groups (broad SMARTS) is 1. The number of carboxylic acids is 1. The van der Waals surface area contributed by atoms with Gasteiger partial charge in [-0.15, -0.1) is 0 Å². The van der Waals surface area contributed by atoms with E-state index in [4.69, 9.17) is 9.84 Å². The molecule has 0 bridgehead atoms. The molecule has 1 unspecified atom stereocenters. The van der Waals surface area contributed by atoms with Crippen molar-refractivity contribution in [1.29, 1.82) is 0 Å². The summed E-state index contributed by atoms with van der Waals surface area (Å²) in [5, 5.41) is 8.71. The lowest BCUT2D eigenvalue weighted by atomic mass is 10.1. The van der Waals surface area contributed by atoms with Crippen LogP contribution in [-0.4, -0.2) is 38.0 Å². The molecule has 1 aromatic rings. The van der Waals surface area contributed by atoms with E-state index in [1.165, 1.54) is 0 Å².